The Morgan fingerprint density at radius 2 is 2.00 bits per heavy atom. The fraction of sp³-hybridized carbons (Fsp3) is 0.0588. The number of benzene rings is 2. The van der Waals surface area contributed by atoms with Gasteiger partial charge in [0.15, 0.2) is 0 Å². The zero-order chi connectivity index (χ0) is 16.9. The van der Waals surface area contributed by atoms with Crippen LogP contribution in [-0.2, 0) is 0 Å². The van der Waals surface area contributed by atoms with Crippen molar-refractivity contribution in [2.24, 2.45) is 5.10 Å². The van der Waals surface area contributed by atoms with E-state index in [1.54, 1.807) is 42.6 Å². The van der Waals surface area contributed by atoms with Crippen LogP contribution in [0, 0.1) is 0 Å². The molecule has 0 unspecified atom stereocenters. The van der Waals surface area contributed by atoms with Crippen LogP contribution in [0.4, 0.5) is 14.5 Å². The van der Waals surface area contributed by atoms with E-state index in [0.717, 1.165) is 16.6 Å². The predicted molar refractivity (Wildman–Crippen MR) is 91.0 cm³/mol. The third kappa shape index (κ3) is 3.78. The van der Waals surface area contributed by atoms with E-state index in [9.17, 15) is 8.78 Å². The molecule has 0 aliphatic rings. The van der Waals surface area contributed by atoms with Gasteiger partial charge in [0, 0.05) is 22.2 Å². The monoisotopic (exact) mass is 347 g/mol. The molecule has 0 saturated carbocycles. The number of hydrogen-bond donors (Lipinski definition) is 1. The Labute approximate surface area is 141 Å². The van der Waals surface area contributed by atoms with Crippen molar-refractivity contribution in [1.82, 2.24) is 4.98 Å². The van der Waals surface area contributed by atoms with E-state index in [2.05, 4.69) is 20.2 Å². The second-order valence-corrected chi connectivity index (χ2v) is 5.24. The van der Waals surface area contributed by atoms with Gasteiger partial charge < -0.3 is 4.74 Å². The zero-order valence-corrected chi connectivity index (χ0v) is 13.0. The first kappa shape index (κ1) is 16.1. The summed E-state index contributed by atoms with van der Waals surface area (Å²) in [6, 6.07) is 13.5. The molecule has 3 aromatic rings. The summed E-state index contributed by atoms with van der Waals surface area (Å²) < 4.78 is 29.2. The first-order valence-corrected chi connectivity index (χ1v) is 7.38. The number of nitrogens with one attached hydrogen (secondary N) is 1. The molecule has 0 saturated heterocycles. The van der Waals surface area contributed by atoms with Gasteiger partial charge in [-0.3, -0.25) is 10.4 Å². The molecule has 2 aromatic carbocycles. The van der Waals surface area contributed by atoms with Gasteiger partial charge in [-0.05, 0) is 36.4 Å². The standard InChI is InChI=1S/C17H12ClF2N3O/c18-12-5-6-13-14(7-8-21-15(13)9-12)23-22-10-11-3-1-2-4-16(11)24-17(19)20/h1-10,17H,(H,21,23)/b22-10-. The molecular formula is C17H12ClF2N3O. The minimum atomic E-state index is -2.89. The first-order chi connectivity index (χ1) is 11.6. The van der Waals surface area contributed by atoms with E-state index in [0.29, 0.717) is 10.6 Å². The number of pyridine rings is 1. The molecule has 1 heterocycles. The molecule has 1 aromatic heterocycles. The third-order valence-corrected chi connectivity index (χ3v) is 3.46. The molecule has 122 valence electrons. The Kier molecular flexibility index (Phi) is 4.86. The second kappa shape index (κ2) is 7.23. The minimum Gasteiger partial charge on any atom is -0.434 e. The molecule has 0 amide bonds. The van der Waals surface area contributed by atoms with Gasteiger partial charge in [0.1, 0.15) is 5.75 Å². The van der Waals surface area contributed by atoms with Crippen molar-refractivity contribution in [1.29, 1.82) is 0 Å². The molecule has 0 atom stereocenters. The number of anilines is 1. The van der Waals surface area contributed by atoms with Crippen LogP contribution in [0.25, 0.3) is 10.9 Å². The number of hydrazone groups is 1. The molecular weight excluding hydrogens is 336 g/mol. The van der Waals surface area contributed by atoms with Crippen molar-refractivity contribution in [3.8, 4) is 5.75 Å². The number of para-hydroxylation sites is 1. The smallest absolute Gasteiger partial charge is 0.387 e. The molecule has 24 heavy (non-hydrogen) atoms. The maximum atomic E-state index is 12.4. The molecule has 7 heteroatoms. The molecule has 3 rings (SSSR count). The summed E-state index contributed by atoms with van der Waals surface area (Å²) in [5.74, 6) is 0.0596. The summed E-state index contributed by atoms with van der Waals surface area (Å²) in [6.07, 6.45) is 3.05. The van der Waals surface area contributed by atoms with Crippen LogP contribution in [0.1, 0.15) is 5.56 Å². The Morgan fingerprint density at radius 1 is 1.17 bits per heavy atom. The van der Waals surface area contributed by atoms with Gasteiger partial charge in [-0.25, -0.2) is 0 Å². The van der Waals surface area contributed by atoms with Crippen LogP contribution in [0.15, 0.2) is 59.8 Å². The van der Waals surface area contributed by atoms with Crippen molar-refractivity contribution in [2.75, 3.05) is 5.43 Å². The van der Waals surface area contributed by atoms with Gasteiger partial charge in [0.05, 0.1) is 17.4 Å². The lowest BCUT2D eigenvalue weighted by Crippen LogP contribution is -2.04. The van der Waals surface area contributed by atoms with Gasteiger partial charge in [0.25, 0.3) is 0 Å². The van der Waals surface area contributed by atoms with Crippen LogP contribution in [0.5, 0.6) is 5.75 Å². The Hall–Kier alpha value is -2.73. The number of halogens is 3. The van der Waals surface area contributed by atoms with Gasteiger partial charge in [-0.15, -0.1) is 0 Å². The quantitative estimate of drug-likeness (QED) is 0.525. The van der Waals surface area contributed by atoms with E-state index >= 15 is 0 Å². The maximum absolute atomic E-state index is 12.4. The average Bonchev–Trinajstić information content (AvgIpc) is 2.56. The second-order valence-electron chi connectivity index (χ2n) is 4.81. The lowest BCUT2D eigenvalue weighted by molar-refractivity contribution is -0.0499. The number of aromatic nitrogens is 1. The highest BCUT2D eigenvalue weighted by Gasteiger charge is 2.07. The highest BCUT2D eigenvalue weighted by Crippen LogP contribution is 2.24. The van der Waals surface area contributed by atoms with Crippen molar-refractivity contribution < 1.29 is 13.5 Å². The van der Waals surface area contributed by atoms with Crippen LogP contribution in [0.3, 0.4) is 0 Å². The topological polar surface area (TPSA) is 46.5 Å². The van der Waals surface area contributed by atoms with Crippen molar-refractivity contribution in [2.45, 2.75) is 6.61 Å². The maximum Gasteiger partial charge on any atom is 0.387 e. The normalized spacial score (nSPS) is 11.3. The summed E-state index contributed by atoms with van der Waals surface area (Å²) in [7, 11) is 0. The molecule has 1 N–H and O–H groups in total. The predicted octanol–water partition coefficient (Wildman–Crippen LogP) is 4.94. The van der Waals surface area contributed by atoms with Crippen molar-refractivity contribution in [3.63, 3.8) is 0 Å². The fourth-order valence-electron chi connectivity index (χ4n) is 2.18. The molecule has 0 spiro atoms. The number of ether oxygens (including phenoxy) is 1. The van der Waals surface area contributed by atoms with Crippen molar-refractivity contribution in [3.05, 3.63) is 65.3 Å². The van der Waals surface area contributed by atoms with Gasteiger partial charge in [0.2, 0.25) is 0 Å². The highest BCUT2D eigenvalue weighted by molar-refractivity contribution is 6.31. The van der Waals surface area contributed by atoms with E-state index in [1.165, 1.54) is 12.3 Å². The molecule has 0 aliphatic heterocycles. The van der Waals surface area contributed by atoms with Gasteiger partial charge in [-0.1, -0.05) is 23.7 Å². The number of rotatable bonds is 5. The summed E-state index contributed by atoms with van der Waals surface area (Å²) >= 11 is 5.95. The van der Waals surface area contributed by atoms with Crippen LogP contribution >= 0.6 is 11.6 Å². The summed E-state index contributed by atoms with van der Waals surface area (Å²) in [5, 5.41) is 5.53. The Morgan fingerprint density at radius 3 is 2.83 bits per heavy atom. The van der Waals surface area contributed by atoms with Crippen LogP contribution in [-0.4, -0.2) is 17.8 Å². The Bertz CT molecular complexity index is 887. The molecule has 0 fully saturated rings. The Balaban J connectivity index is 1.83. The highest BCUT2D eigenvalue weighted by atomic mass is 35.5. The number of hydrogen-bond acceptors (Lipinski definition) is 4. The van der Waals surface area contributed by atoms with Gasteiger partial charge in [-0.2, -0.15) is 13.9 Å². The average molecular weight is 348 g/mol. The third-order valence-electron chi connectivity index (χ3n) is 3.23. The molecule has 0 aliphatic carbocycles. The van der Waals surface area contributed by atoms with Crippen LogP contribution < -0.4 is 10.2 Å². The summed E-state index contributed by atoms with van der Waals surface area (Å²) in [5.41, 5.74) is 4.76. The first-order valence-electron chi connectivity index (χ1n) is 7.00. The lowest BCUT2D eigenvalue weighted by Gasteiger charge is -2.08. The fourth-order valence-corrected chi connectivity index (χ4v) is 2.35. The molecule has 4 nitrogen and oxygen atoms in total. The zero-order valence-electron chi connectivity index (χ0n) is 12.3. The molecule has 0 radical (unpaired) electrons. The molecule has 0 bridgehead atoms. The SMILES string of the molecule is FC(F)Oc1ccccc1/C=N\Nc1ccnc2cc(Cl)ccc12. The largest absolute Gasteiger partial charge is 0.434 e. The van der Waals surface area contributed by atoms with Crippen molar-refractivity contribution >= 4 is 34.4 Å². The number of nitrogens with zero attached hydrogens (tertiary/aromatic N) is 2. The number of alkyl halides is 2. The minimum absolute atomic E-state index is 0.0596. The van der Waals surface area contributed by atoms with Gasteiger partial charge >= 0.3 is 6.61 Å². The summed E-state index contributed by atoms with van der Waals surface area (Å²) in [4.78, 5) is 4.24. The van der Waals surface area contributed by atoms with E-state index in [1.807, 2.05) is 6.07 Å². The number of fused-ring (bicyclic) bond motifs is 1. The summed E-state index contributed by atoms with van der Waals surface area (Å²) in [6.45, 7) is -2.89. The van der Waals surface area contributed by atoms with E-state index < -0.39 is 6.61 Å². The van der Waals surface area contributed by atoms with E-state index in [-0.39, 0.29) is 5.75 Å². The van der Waals surface area contributed by atoms with E-state index in [4.69, 9.17) is 11.6 Å². The lowest BCUT2D eigenvalue weighted by atomic mass is 10.2. The van der Waals surface area contributed by atoms with Crippen LogP contribution in [0.2, 0.25) is 5.02 Å².